The number of aromatic nitrogens is 3. The molecule has 84 valence electrons. The van der Waals surface area contributed by atoms with Crippen molar-refractivity contribution in [1.82, 2.24) is 14.8 Å². The average Bonchev–Trinajstić information content (AvgIpc) is 2.53. The molecule has 1 saturated carbocycles. The predicted octanol–water partition coefficient (Wildman–Crippen LogP) is 2.06. The Morgan fingerprint density at radius 2 is 2.20 bits per heavy atom. The number of halogens is 1. The molecule has 0 atom stereocenters. The molecule has 15 heavy (non-hydrogen) atoms. The fourth-order valence-electron chi connectivity index (χ4n) is 2.02. The summed E-state index contributed by atoms with van der Waals surface area (Å²) in [6, 6.07) is 0. The normalized spacial score (nSPS) is 18.9. The van der Waals surface area contributed by atoms with E-state index in [2.05, 4.69) is 17.1 Å². The third-order valence-corrected chi connectivity index (χ3v) is 3.52. The number of rotatable bonds is 4. The van der Waals surface area contributed by atoms with Crippen LogP contribution in [0.5, 0.6) is 0 Å². The van der Waals surface area contributed by atoms with Crippen LogP contribution in [0.3, 0.4) is 0 Å². The van der Waals surface area contributed by atoms with E-state index in [0.29, 0.717) is 5.28 Å². The molecule has 0 spiro atoms. The molecular weight excluding hydrogens is 214 g/mol. The highest BCUT2D eigenvalue weighted by Crippen LogP contribution is 2.37. The van der Waals surface area contributed by atoms with Gasteiger partial charge in [-0.05, 0) is 30.9 Å². The van der Waals surface area contributed by atoms with Gasteiger partial charge in [-0.3, -0.25) is 4.57 Å². The van der Waals surface area contributed by atoms with Gasteiger partial charge in [-0.1, -0.05) is 6.92 Å². The monoisotopic (exact) mass is 229 g/mol. The van der Waals surface area contributed by atoms with Crippen molar-refractivity contribution in [2.24, 2.45) is 0 Å². The van der Waals surface area contributed by atoms with E-state index in [0.717, 1.165) is 31.6 Å². The van der Waals surface area contributed by atoms with Gasteiger partial charge in [-0.2, -0.15) is 0 Å². The smallest absolute Gasteiger partial charge is 0.225 e. The summed E-state index contributed by atoms with van der Waals surface area (Å²) in [6.45, 7) is 2.83. The number of nitrogens with zero attached hydrogens (tertiary/aromatic N) is 3. The Morgan fingerprint density at radius 1 is 1.47 bits per heavy atom. The SMILES string of the molecule is CCc1nnc(Cl)n1CC1(OC)CCC1. The highest BCUT2D eigenvalue weighted by molar-refractivity contribution is 6.28. The summed E-state index contributed by atoms with van der Waals surface area (Å²) in [4.78, 5) is 0. The van der Waals surface area contributed by atoms with E-state index in [9.17, 15) is 0 Å². The molecule has 1 aromatic rings. The molecule has 0 saturated heterocycles. The second kappa shape index (κ2) is 4.10. The molecule has 1 aliphatic carbocycles. The van der Waals surface area contributed by atoms with Gasteiger partial charge in [0, 0.05) is 13.5 Å². The summed E-state index contributed by atoms with van der Waals surface area (Å²) in [7, 11) is 1.77. The number of aryl methyl sites for hydroxylation is 1. The van der Waals surface area contributed by atoms with Crippen LogP contribution in [-0.4, -0.2) is 27.5 Å². The molecule has 1 aliphatic rings. The van der Waals surface area contributed by atoms with E-state index in [-0.39, 0.29) is 5.60 Å². The molecule has 1 heterocycles. The molecule has 0 N–H and O–H groups in total. The first kappa shape index (κ1) is 10.9. The van der Waals surface area contributed by atoms with Crippen LogP contribution >= 0.6 is 11.6 Å². The predicted molar refractivity (Wildman–Crippen MR) is 58.0 cm³/mol. The van der Waals surface area contributed by atoms with Crippen molar-refractivity contribution in [3.63, 3.8) is 0 Å². The van der Waals surface area contributed by atoms with Crippen LogP contribution in [0, 0.1) is 0 Å². The van der Waals surface area contributed by atoms with E-state index in [1.807, 2.05) is 4.57 Å². The molecule has 0 bridgehead atoms. The van der Waals surface area contributed by atoms with Crippen molar-refractivity contribution in [2.45, 2.75) is 44.8 Å². The molecule has 0 unspecified atom stereocenters. The summed E-state index contributed by atoms with van der Waals surface area (Å²) in [5, 5.41) is 8.39. The van der Waals surface area contributed by atoms with Crippen molar-refractivity contribution in [2.75, 3.05) is 7.11 Å². The van der Waals surface area contributed by atoms with E-state index < -0.39 is 0 Å². The van der Waals surface area contributed by atoms with Gasteiger partial charge in [0.25, 0.3) is 0 Å². The largest absolute Gasteiger partial charge is 0.376 e. The van der Waals surface area contributed by atoms with E-state index >= 15 is 0 Å². The lowest BCUT2D eigenvalue weighted by molar-refractivity contribution is -0.0839. The van der Waals surface area contributed by atoms with Crippen LogP contribution in [0.1, 0.15) is 32.0 Å². The second-order valence-electron chi connectivity index (χ2n) is 4.07. The molecule has 0 amide bonds. The van der Waals surface area contributed by atoms with E-state index in [4.69, 9.17) is 16.3 Å². The number of hydrogen-bond donors (Lipinski definition) is 0. The van der Waals surface area contributed by atoms with Crippen LogP contribution in [-0.2, 0) is 17.7 Å². The third-order valence-electron chi connectivity index (χ3n) is 3.24. The van der Waals surface area contributed by atoms with Crippen molar-refractivity contribution in [3.05, 3.63) is 11.1 Å². The van der Waals surface area contributed by atoms with Crippen LogP contribution in [0.25, 0.3) is 0 Å². The Hall–Kier alpha value is -0.610. The highest BCUT2D eigenvalue weighted by atomic mass is 35.5. The second-order valence-corrected chi connectivity index (χ2v) is 4.40. The summed E-state index contributed by atoms with van der Waals surface area (Å²) < 4.78 is 7.53. The highest BCUT2D eigenvalue weighted by Gasteiger charge is 2.38. The summed E-state index contributed by atoms with van der Waals surface area (Å²) in [5.74, 6) is 0.934. The fourth-order valence-corrected chi connectivity index (χ4v) is 2.21. The van der Waals surface area contributed by atoms with E-state index in [1.165, 1.54) is 6.42 Å². The number of hydrogen-bond acceptors (Lipinski definition) is 3. The quantitative estimate of drug-likeness (QED) is 0.794. The molecule has 5 heteroatoms. The Labute approximate surface area is 94.6 Å². The van der Waals surface area contributed by atoms with Crippen molar-refractivity contribution in [1.29, 1.82) is 0 Å². The van der Waals surface area contributed by atoms with E-state index in [1.54, 1.807) is 7.11 Å². The third kappa shape index (κ3) is 1.88. The minimum Gasteiger partial charge on any atom is -0.376 e. The van der Waals surface area contributed by atoms with Crippen molar-refractivity contribution >= 4 is 11.6 Å². The van der Waals surface area contributed by atoms with Crippen molar-refractivity contribution in [3.8, 4) is 0 Å². The zero-order valence-electron chi connectivity index (χ0n) is 9.16. The fraction of sp³-hybridized carbons (Fsp3) is 0.800. The zero-order chi connectivity index (χ0) is 10.9. The molecule has 2 rings (SSSR count). The maximum absolute atomic E-state index is 6.00. The van der Waals surface area contributed by atoms with Gasteiger partial charge in [0.2, 0.25) is 5.28 Å². The molecule has 1 aromatic heterocycles. The minimum atomic E-state index is -0.0318. The Kier molecular flexibility index (Phi) is 2.98. The molecule has 0 aliphatic heterocycles. The standard InChI is InChI=1S/C10H16ClN3O/c1-3-8-12-13-9(11)14(8)7-10(15-2)5-4-6-10/h3-7H2,1-2H3. The van der Waals surface area contributed by atoms with Gasteiger partial charge in [-0.25, -0.2) is 0 Å². The lowest BCUT2D eigenvalue weighted by atomic mass is 9.80. The molecule has 1 fully saturated rings. The van der Waals surface area contributed by atoms with Crippen LogP contribution in [0.2, 0.25) is 5.28 Å². The average molecular weight is 230 g/mol. The molecule has 0 aromatic carbocycles. The van der Waals surface area contributed by atoms with Gasteiger partial charge in [0.05, 0.1) is 12.1 Å². The Morgan fingerprint density at radius 3 is 2.67 bits per heavy atom. The lowest BCUT2D eigenvalue weighted by Gasteiger charge is -2.40. The van der Waals surface area contributed by atoms with Gasteiger partial charge in [-0.15, -0.1) is 10.2 Å². The number of methoxy groups -OCH3 is 1. The Bertz CT molecular complexity index is 341. The molecule has 4 nitrogen and oxygen atoms in total. The molecular formula is C10H16ClN3O. The first-order valence-electron chi connectivity index (χ1n) is 5.33. The van der Waals surface area contributed by atoms with Gasteiger partial charge < -0.3 is 4.74 Å². The summed E-state index contributed by atoms with van der Waals surface area (Å²) >= 11 is 6.00. The van der Waals surface area contributed by atoms with Gasteiger partial charge in [0.1, 0.15) is 5.82 Å². The summed E-state index contributed by atoms with van der Waals surface area (Å²) in [6.07, 6.45) is 4.27. The Balaban J connectivity index is 2.18. The minimum absolute atomic E-state index is 0.0318. The molecule has 0 radical (unpaired) electrons. The van der Waals surface area contributed by atoms with Gasteiger partial charge >= 0.3 is 0 Å². The maximum Gasteiger partial charge on any atom is 0.225 e. The van der Waals surface area contributed by atoms with Crippen LogP contribution in [0.15, 0.2) is 0 Å². The maximum atomic E-state index is 6.00. The number of ether oxygens (including phenoxy) is 1. The van der Waals surface area contributed by atoms with Gasteiger partial charge in [0.15, 0.2) is 0 Å². The first-order chi connectivity index (χ1) is 7.21. The van der Waals surface area contributed by atoms with Crippen molar-refractivity contribution < 1.29 is 4.74 Å². The topological polar surface area (TPSA) is 39.9 Å². The zero-order valence-corrected chi connectivity index (χ0v) is 9.92. The van der Waals surface area contributed by atoms with Crippen LogP contribution in [0.4, 0.5) is 0 Å². The lowest BCUT2D eigenvalue weighted by Crippen LogP contribution is -2.43. The van der Waals surface area contributed by atoms with Crippen LogP contribution < -0.4 is 0 Å². The first-order valence-corrected chi connectivity index (χ1v) is 5.71. The summed E-state index contributed by atoms with van der Waals surface area (Å²) in [5.41, 5.74) is -0.0318.